The van der Waals surface area contributed by atoms with E-state index in [1.807, 2.05) is 0 Å². The lowest BCUT2D eigenvalue weighted by Crippen LogP contribution is -2.12. The number of carbonyl (C=O) groups excluding carboxylic acids is 1. The second-order valence-corrected chi connectivity index (χ2v) is 2.75. The monoisotopic (exact) mass is 177 g/mol. The number of aromatic amines is 2. The second kappa shape index (κ2) is 2.55. The summed E-state index contributed by atoms with van der Waals surface area (Å²) < 4.78 is 0. The Morgan fingerprint density at radius 3 is 3.00 bits per heavy atom. The maximum absolute atomic E-state index is 11.5. The second-order valence-electron chi connectivity index (χ2n) is 2.75. The van der Waals surface area contributed by atoms with E-state index < -0.39 is 0 Å². The van der Waals surface area contributed by atoms with Crippen LogP contribution in [0.5, 0.6) is 0 Å². The van der Waals surface area contributed by atoms with Crippen molar-refractivity contribution in [3.8, 4) is 0 Å². The molecule has 5 heteroatoms. The first-order valence-corrected chi connectivity index (χ1v) is 3.76. The Morgan fingerprint density at radius 2 is 2.31 bits per heavy atom. The van der Waals surface area contributed by atoms with Gasteiger partial charge in [-0.05, 0) is 6.92 Å². The molecule has 2 rings (SSSR count). The van der Waals surface area contributed by atoms with Gasteiger partial charge < -0.3 is 4.98 Å². The molecule has 0 amide bonds. The maximum atomic E-state index is 11.5. The highest BCUT2D eigenvalue weighted by Gasteiger charge is 2.09. The zero-order chi connectivity index (χ0) is 9.42. The average Bonchev–Trinajstić information content (AvgIpc) is 2.52. The smallest absolute Gasteiger partial charge is 0.203 e. The van der Waals surface area contributed by atoms with E-state index in [9.17, 15) is 9.59 Å². The fraction of sp³-hybridized carbons (Fsp3) is 0.125. The lowest BCUT2D eigenvalue weighted by atomic mass is 10.2. The molecule has 0 aliphatic carbocycles. The molecular formula is C8H7N3O2. The molecular weight excluding hydrogens is 170 g/mol. The predicted molar refractivity (Wildman–Crippen MR) is 46.7 cm³/mol. The van der Waals surface area contributed by atoms with E-state index in [2.05, 4.69) is 15.2 Å². The van der Waals surface area contributed by atoms with Crippen LogP contribution in [0.3, 0.4) is 0 Å². The van der Waals surface area contributed by atoms with Crippen LogP contribution in [0.1, 0.15) is 17.3 Å². The number of aromatic nitrogens is 3. The number of fused-ring (bicyclic) bond motifs is 1. The molecule has 13 heavy (non-hydrogen) atoms. The Kier molecular flexibility index (Phi) is 1.51. The van der Waals surface area contributed by atoms with Crippen molar-refractivity contribution in [2.45, 2.75) is 6.92 Å². The van der Waals surface area contributed by atoms with Gasteiger partial charge in [0.1, 0.15) is 5.65 Å². The molecule has 0 saturated carbocycles. The van der Waals surface area contributed by atoms with E-state index in [0.29, 0.717) is 11.0 Å². The zero-order valence-corrected chi connectivity index (χ0v) is 6.92. The van der Waals surface area contributed by atoms with Crippen molar-refractivity contribution in [2.24, 2.45) is 0 Å². The number of hydrogen-bond acceptors (Lipinski definition) is 3. The van der Waals surface area contributed by atoms with E-state index in [4.69, 9.17) is 0 Å². The molecule has 0 aromatic carbocycles. The number of ketones is 1. The minimum Gasteiger partial charge on any atom is -0.346 e. The number of rotatable bonds is 1. The lowest BCUT2D eigenvalue weighted by Gasteiger charge is -1.93. The van der Waals surface area contributed by atoms with Crippen LogP contribution in [-0.4, -0.2) is 21.0 Å². The number of nitrogens with one attached hydrogen (secondary N) is 2. The van der Waals surface area contributed by atoms with E-state index in [0.717, 1.165) is 0 Å². The molecule has 0 fully saturated rings. The van der Waals surface area contributed by atoms with Crippen molar-refractivity contribution < 1.29 is 4.79 Å². The molecule has 0 unspecified atom stereocenters. The van der Waals surface area contributed by atoms with Crippen molar-refractivity contribution in [3.05, 3.63) is 28.2 Å². The molecule has 5 nitrogen and oxygen atoms in total. The van der Waals surface area contributed by atoms with Crippen LogP contribution in [-0.2, 0) is 0 Å². The number of nitrogens with zero attached hydrogens (tertiary/aromatic N) is 1. The van der Waals surface area contributed by atoms with Crippen molar-refractivity contribution in [1.82, 2.24) is 15.2 Å². The van der Waals surface area contributed by atoms with E-state index >= 15 is 0 Å². The van der Waals surface area contributed by atoms with Crippen molar-refractivity contribution >= 4 is 16.8 Å². The number of hydrogen-bond donors (Lipinski definition) is 2. The summed E-state index contributed by atoms with van der Waals surface area (Å²) in [6, 6.07) is 0. The van der Waals surface area contributed by atoms with Gasteiger partial charge in [-0.25, -0.2) is 0 Å². The Labute approximate surface area is 72.8 Å². The summed E-state index contributed by atoms with van der Waals surface area (Å²) in [5.41, 5.74) is 0.416. The molecule has 0 aliphatic rings. The quantitative estimate of drug-likeness (QED) is 0.621. The van der Waals surface area contributed by atoms with Crippen LogP contribution in [0.15, 0.2) is 17.2 Å². The van der Waals surface area contributed by atoms with Gasteiger partial charge in [0.25, 0.3) is 0 Å². The first-order valence-electron chi connectivity index (χ1n) is 3.76. The third-order valence-corrected chi connectivity index (χ3v) is 1.87. The Balaban J connectivity index is 2.89. The highest BCUT2D eigenvalue weighted by Crippen LogP contribution is 2.02. The molecule has 2 heterocycles. The summed E-state index contributed by atoms with van der Waals surface area (Å²) in [5, 5.41) is 6.71. The van der Waals surface area contributed by atoms with Gasteiger partial charge in [0.05, 0.1) is 17.1 Å². The highest BCUT2D eigenvalue weighted by molar-refractivity contribution is 5.96. The molecule has 0 bridgehead atoms. The standard InChI is InChI=1S/C8H7N3O2/c1-4(12)5-2-9-8-6(7(5)13)3-10-11-8/h2-3H,1H3,(H2,9,10,11,13). The fourth-order valence-electron chi connectivity index (χ4n) is 1.18. The Morgan fingerprint density at radius 1 is 1.54 bits per heavy atom. The number of carbonyl (C=O) groups is 1. The third-order valence-electron chi connectivity index (χ3n) is 1.87. The Hall–Kier alpha value is -1.91. The van der Waals surface area contributed by atoms with E-state index in [1.54, 1.807) is 0 Å². The predicted octanol–water partition coefficient (Wildman–Crippen LogP) is 0.454. The van der Waals surface area contributed by atoms with Gasteiger partial charge in [-0.15, -0.1) is 0 Å². The van der Waals surface area contributed by atoms with Gasteiger partial charge in [-0.2, -0.15) is 5.10 Å². The highest BCUT2D eigenvalue weighted by atomic mass is 16.1. The van der Waals surface area contributed by atoms with E-state index in [1.165, 1.54) is 19.3 Å². The van der Waals surface area contributed by atoms with Crippen LogP contribution in [0.4, 0.5) is 0 Å². The number of H-pyrrole nitrogens is 2. The molecule has 2 aromatic heterocycles. The topological polar surface area (TPSA) is 78.6 Å². The van der Waals surface area contributed by atoms with Crippen molar-refractivity contribution in [1.29, 1.82) is 0 Å². The van der Waals surface area contributed by atoms with Crippen LogP contribution in [0, 0.1) is 0 Å². The summed E-state index contributed by atoms with van der Waals surface area (Å²) in [6.07, 6.45) is 2.80. The van der Waals surface area contributed by atoms with Gasteiger partial charge in [0, 0.05) is 6.20 Å². The molecule has 0 spiro atoms. The van der Waals surface area contributed by atoms with Crippen LogP contribution in [0.2, 0.25) is 0 Å². The SMILES string of the molecule is CC(=O)c1c[nH]c2[nH]ncc2c1=O. The minimum absolute atomic E-state index is 0.161. The van der Waals surface area contributed by atoms with Gasteiger partial charge in [0.2, 0.25) is 5.43 Å². The summed E-state index contributed by atoms with van der Waals surface area (Å²) in [7, 11) is 0. The first kappa shape index (κ1) is 7.72. The third kappa shape index (κ3) is 1.05. The largest absolute Gasteiger partial charge is 0.346 e. The zero-order valence-electron chi connectivity index (χ0n) is 6.92. The first-order chi connectivity index (χ1) is 6.20. The average molecular weight is 177 g/mol. The molecule has 0 radical (unpaired) electrons. The van der Waals surface area contributed by atoms with Crippen molar-refractivity contribution in [2.75, 3.05) is 0 Å². The lowest BCUT2D eigenvalue weighted by molar-refractivity contribution is 0.101. The van der Waals surface area contributed by atoms with Gasteiger partial charge in [-0.1, -0.05) is 0 Å². The summed E-state index contributed by atoms with van der Waals surface area (Å²) in [5.74, 6) is -0.246. The van der Waals surface area contributed by atoms with Crippen molar-refractivity contribution in [3.63, 3.8) is 0 Å². The van der Waals surface area contributed by atoms with Gasteiger partial charge in [0.15, 0.2) is 5.78 Å². The van der Waals surface area contributed by atoms with Crippen LogP contribution >= 0.6 is 0 Å². The fourth-order valence-corrected chi connectivity index (χ4v) is 1.18. The summed E-state index contributed by atoms with van der Waals surface area (Å²) >= 11 is 0. The van der Waals surface area contributed by atoms with E-state index in [-0.39, 0.29) is 16.8 Å². The molecule has 0 saturated heterocycles. The normalized spacial score (nSPS) is 10.5. The summed E-state index contributed by atoms with van der Waals surface area (Å²) in [4.78, 5) is 25.3. The summed E-state index contributed by atoms with van der Waals surface area (Å²) in [6.45, 7) is 1.36. The minimum atomic E-state index is -0.282. The number of Topliss-reactive ketones (excluding diaryl/α,β-unsaturated/α-hetero) is 1. The molecule has 0 atom stereocenters. The molecule has 66 valence electrons. The van der Waals surface area contributed by atoms with Gasteiger partial charge in [-0.3, -0.25) is 14.7 Å². The molecule has 2 aromatic rings. The van der Waals surface area contributed by atoms with Crippen LogP contribution < -0.4 is 5.43 Å². The van der Waals surface area contributed by atoms with Crippen LogP contribution in [0.25, 0.3) is 11.0 Å². The molecule has 2 N–H and O–H groups in total. The van der Waals surface area contributed by atoms with Gasteiger partial charge >= 0.3 is 0 Å². The maximum Gasteiger partial charge on any atom is 0.203 e. The molecule has 0 aliphatic heterocycles. The number of pyridine rings is 1. The Bertz CT molecular complexity index is 523.